The Hall–Kier alpha value is -2.31. The van der Waals surface area contributed by atoms with Crippen molar-refractivity contribution in [1.29, 1.82) is 0 Å². The quantitative estimate of drug-likeness (QED) is 0.756. The minimum atomic E-state index is -4.82. The van der Waals surface area contributed by atoms with E-state index in [1.807, 2.05) is 4.72 Å². The van der Waals surface area contributed by atoms with Gasteiger partial charge in [-0.3, -0.25) is 13.8 Å². The molecule has 0 saturated heterocycles. The Kier molecular flexibility index (Phi) is 6.02. The van der Waals surface area contributed by atoms with Crippen LogP contribution in [0.1, 0.15) is 21.5 Å². The number of halogens is 5. The van der Waals surface area contributed by atoms with E-state index in [9.17, 15) is 31.4 Å². The molecule has 0 aliphatic rings. The number of nitrogens with one attached hydrogen (secondary N) is 1. The van der Waals surface area contributed by atoms with Crippen molar-refractivity contribution in [2.24, 2.45) is 0 Å². The van der Waals surface area contributed by atoms with Gasteiger partial charge in [0.15, 0.2) is 5.82 Å². The summed E-state index contributed by atoms with van der Waals surface area (Å²) < 4.78 is 70.6. The molecule has 0 radical (unpaired) electrons. The second kappa shape index (κ2) is 7.74. The van der Waals surface area contributed by atoms with Crippen LogP contribution < -0.4 is 10.3 Å². The summed E-state index contributed by atoms with van der Waals surface area (Å²) in [5.74, 6) is -2.14. The zero-order valence-electron chi connectivity index (χ0n) is 13.6. The van der Waals surface area contributed by atoms with Gasteiger partial charge in [0.1, 0.15) is 5.69 Å². The fourth-order valence-electron chi connectivity index (χ4n) is 2.04. The number of hydrogen-bond donors (Lipinski definition) is 1. The van der Waals surface area contributed by atoms with E-state index in [1.54, 1.807) is 0 Å². The second-order valence-corrected chi connectivity index (χ2v) is 6.43. The first kappa shape index (κ1) is 21.0. The maximum atomic E-state index is 14.2. The molecule has 27 heavy (non-hydrogen) atoms. The van der Waals surface area contributed by atoms with E-state index in [0.717, 1.165) is 20.1 Å². The average molecular weight is 428 g/mol. The Morgan fingerprint density at radius 1 is 1.37 bits per heavy atom. The second-order valence-electron chi connectivity index (χ2n) is 5.01. The highest BCUT2D eigenvalue weighted by Gasteiger charge is 2.34. The minimum absolute atomic E-state index is 0.361. The van der Waals surface area contributed by atoms with Gasteiger partial charge in [0.05, 0.1) is 29.5 Å². The van der Waals surface area contributed by atoms with Crippen LogP contribution in [0.5, 0.6) is 0 Å². The van der Waals surface area contributed by atoms with Crippen LogP contribution in [0.25, 0.3) is 5.69 Å². The lowest BCUT2D eigenvalue weighted by Crippen LogP contribution is -2.29. The van der Waals surface area contributed by atoms with E-state index in [-0.39, 0.29) is 0 Å². The highest BCUT2D eigenvalue weighted by atomic mass is 35.5. The molecule has 0 bridgehead atoms. The molecule has 7 nitrogen and oxygen atoms in total. The summed E-state index contributed by atoms with van der Waals surface area (Å²) >= 11 is 3.56. The maximum absolute atomic E-state index is 14.2. The van der Waals surface area contributed by atoms with Gasteiger partial charge in [0.25, 0.3) is 22.7 Å². The van der Waals surface area contributed by atoms with Crippen LogP contribution in [0.4, 0.5) is 17.6 Å². The molecule has 146 valence electrons. The molecular weight excluding hydrogens is 418 g/mol. The van der Waals surface area contributed by atoms with Gasteiger partial charge in [-0.2, -0.15) is 23.0 Å². The number of carbonyl (C=O) groups is 1. The minimum Gasteiger partial charge on any atom is -0.277 e. The lowest BCUT2D eigenvalue weighted by atomic mass is 10.1. The molecule has 1 atom stereocenters. The third-order valence-corrected chi connectivity index (χ3v) is 4.33. The predicted molar refractivity (Wildman–Crippen MR) is 87.2 cm³/mol. The molecule has 0 aliphatic carbocycles. The largest absolute Gasteiger partial charge is 0.418 e. The molecule has 1 unspecified atom stereocenters. The third-order valence-electron chi connectivity index (χ3n) is 3.36. The van der Waals surface area contributed by atoms with Gasteiger partial charge in [0, 0.05) is 5.56 Å². The van der Waals surface area contributed by atoms with Gasteiger partial charge in [-0.05, 0) is 19.1 Å². The Bertz CT molecular complexity index is 994. The molecular formula is C14H10ClF4N3O4S. The molecule has 0 aliphatic heterocycles. The van der Waals surface area contributed by atoms with Gasteiger partial charge in [-0.1, -0.05) is 11.6 Å². The van der Waals surface area contributed by atoms with E-state index in [1.165, 1.54) is 0 Å². The lowest BCUT2D eigenvalue weighted by molar-refractivity contribution is -0.138. The fraction of sp³-hybridized carbons (Fsp3) is 0.214. The summed E-state index contributed by atoms with van der Waals surface area (Å²) in [5, 5.41) is 2.94. The van der Waals surface area contributed by atoms with Gasteiger partial charge < -0.3 is 0 Å². The van der Waals surface area contributed by atoms with Crippen molar-refractivity contribution in [2.45, 2.75) is 13.1 Å². The van der Waals surface area contributed by atoms with Gasteiger partial charge in [-0.25, -0.2) is 13.3 Å². The van der Waals surface area contributed by atoms with Crippen molar-refractivity contribution in [3.63, 3.8) is 0 Å². The summed E-state index contributed by atoms with van der Waals surface area (Å²) in [5.41, 5.74) is -4.23. The normalized spacial score (nSPS) is 12.7. The Balaban J connectivity index is 2.62. The molecule has 1 aromatic heterocycles. The van der Waals surface area contributed by atoms with Gasteiger partial charge in [0.2, 0.25) is 0 Å². The van der Waals surface area contributed by atoms with Crippen molar-refractivity contribution in [1.82, 2.24) is 14.5 Å². The number of nitrogens with zero attached hydrogens (tertiary/aromatic N) is 2. The topological polar surface area (TPSA) is 90.3 Å². The fourth-order valence-corrected chi connectivity index (χ4v) is 2.62. The number of benzene rings is 1. The molecule has 1 amide bonds. The number of aromatic nitrogens is 2. The van der Waals surface area contributed by atoms with E-state index in [0.29, 0.717) is 16.9 Å². The first-order valence-electron chi connectivity index (χ1n) is 6.90. The van der Waals surface area contributed by atoms with Crippen LogP contribution in [-0.4, -0.2) is 27.0 Å². The molecule has 0 fully saturated rings. The summed E-state index contributed by atoms with van der Waals surface area (Å²) in [7, 11) is 1.04. The Morgan fingerprint density at radius 2 is 2.00 bits per heavy atom. The first-order chi connectivity index (χ1) is 12.5. The SMILES string of the molecule is COS(=O)NC(=O)c1cc(-n2ncc(C(F)(F)F)c(C)c2=O)c(F)cc1Cl. The van der Waals surface area contributed by atoms with E-state index < -0.39 is 62.1 Å². The van der Waals surface area contributed by atoms with E-state index >= 15 is 0 Å². The third kappa shape index (κ3) is 4.34. The highest BCUT2D eigenvalue weighted by Crippen LogP contribution is 2.30. The Morgan fingerprint density at radius 3 is 2.56 bits per heavy atom. The zero-order valence-corrected chi connectivity index (χ0v) is 15.1. The van der Waals surface area contributed by atoms with Crippen molar-refractivity contribution in [3.8, 4) is 5.69 Å². The summed E-state index contributed by atoms with van der Waals surface area (Å²) in [6.45, 7) is 0.909. The van der Waals surface area contributed by atoms with Crippen LogP contribution in [0.3, 0.4) is 0 Å². The predicted octanol–water partition coefficient (Wildman–Crippen LogP) is 2.31. The highest BCUT2D eigenvalue weighted by molar-refractivity contribution is 7.78. The van der Waals surface area contributed by atoms with Gasteiger partial charge in [-0.15, -0.1) is 0 Å². The number of hydrogen-bond acceptors (Lipinski definition) is 5. The van der Waals surface area contributed by atoms with Gasteiger partial charge >= 0.3 is 6.18 Å². The molecule has 2 rings (SSSR count). The number of alkyl halides is 3. The van der Waals surface area contributed by atoms with Crippen molar-refractivity contribution < 1.29 is 30.7 Å². The summed E-state index contributed by atoms with van der Waals surface area (Å²) in [4.78, 5) is 24.2. The van der Waals surface area contributed by atoms with Crippen molar-refractivity contribution in [3.05, 3.63) is 56.2 Å². The number of rotatable bonds is 4. The smallest absolute Gasteiger partial charge is 0.277 e. The van der Waals surface area contributed by atoms with E-state index in [2.05, 4.69) is 9.28 Å². The van der Waals surface area contributed by atoms with Crippen LogP contribution in [-0.2, 0) is 21.6 Å². The lowest BCUT2D eigenvalue weighted by Gasteiger charge is -2.13. The number of amides is 1. The molecule has 1 N–H and O–H groups in total. The maximum Gasteiger partial charge on any atom is 0.418 e. The van der Waals surface area contributed by atoms with E-state index in [4.69, 9.17) is 11.6 Å². The molecule has 1 aromatic carbocycles. The Labute approximate surface area is 156 Å². The molecule has 0 spiro atoms. The molecule has 13 heteroatoms. The molecule has 1 heterocycles. The van der Waals surface area contributed by atoms with Crippen LogP contribution >= 0.6 is 11.6 Å². The average Bonchev–Trinajstić information content (AvgIpc) is 2.56. The molecule has 2 aromatic rings. The van der Waals surface area contributed by atoms with Crippen LogP contribution in [0.2, 0.25) is 5.02 Å². The standard InChI is InChI=1S/C14H10ClF4N3O4S/c1-6-8(14(17,18)19)5-20-22(13(6)24)11-3-7(9(15)4-10(11)16)12(23)21-27(25)26-2/h3-5H,1-2H3,(H,21,23). The monoisotopic (exact) mass is 427 g/mol. The molecule has 0 saturated carbocycles. The number of carbonyl (C=O) groups excluding carboxylic acids is 1. The summed E-state index contributed by atoms with van der Waals surface area (Å²) in [6, 6.07) is 1.46. The summed E-state index contributed by atoms with van der Waals surface area (Å²) in [6.07, 6.45) is -4.45. The van der Waals surface area contributed by atoms with Crippen molar-refractivity contribution in [2.75, 3.05) is 7.11 Å². The zero-order chi connectivity index (χ0) is 20.5. The van der Waals surface area contributed by atoms with Crippen molar-refractivity contribution >= 4 is 28.8 Å². The first-order valence-corrected chi connectivity index (χ1v) is 8.35. The van der Waals surface area contributed by atoms with Crippen LogP contribution in [0, 0.1) is 12.7 Å². The van der Waals surface area contributed by atoms with Crippen LogP contribution in [0.15, 0.2) is 23.1 Å².